The topological polar surface area (TPSA) is 52.6 Å². The third kappa shape index (κ3) is 4.30. The second-order valence-corrected chi connectivity index (χ2v) is 6.30. The van der Waals surface area contributed by atoms with Crippen molar-refractivity contribution in [1.82, 2.24) is 0 Å². The monoisotopic (exact) mass is 364 g/mol. The summed E-state index contributed by atoms with van der Waals surface area (Å²) in [5.74, 6) is -0.512. The number of halogens is 1. The minimum atomic E-state index is -0.930. The Labute approximate surface area is 150 Å². The number of benzene rings is 2. The molecule has 0 spiro atoms. The van der Waals surface area contributed by atoms with Gasteiger partial charge in [0.1, 0.15) is 11.3 Å². The molecule has 1 atom stereocenters. The van der Waals surface area contributed by atoms with Crippen molar-refractivity contribution in [3.05, 3.63) is 58.6 Å². The fourth-order valence-electron chi connectivity index (χ4n) is 2.12. The number of hydrogen-bond donors (Lipinski definition) is 0. The van der Waals surface area contributed by atoms with Gasteiger partial charge >= 0.3 is 5.97 Å². The minimum absolute atomic E-state index is 0.279. The molecule has 0 bridgehead atoms. The molecule has 0 aliphatic rings. The molecule has 0 aromatic heterocycles. The maximum atomic E-state index is 12.3. The molecule has 2 rings (SSSR count). The molecule has 0 aliphatic carbocycles. The quantitative estimate of drug-likeness (QED) is 0.429. The Morgan fingerprint density at radius 1 is 1.17 bits per heavy atom. The molecule has 0 unspecified atom stereocenters. The standard InChI is InChI=1S/C18H17ClO4S/c1-11(17(20)12-5-4-6-13(19)9-12)23-18(21)15-8-7-14(24-3)10-16(15)22-2/h4-11H,1-3H3/t11-/m1/s1. The number of ketones is 1. The molecule has 0 saturated carbocycles. The lowest BCUT2D eigenvalue weighted by molar-refractivity contribution is 0.0316. The van der Waals surface area contributed by atoms with Crippen LogP contribution >= 0.6 is 23.4 Å². The molecule has 0 amide bonds. The van der Waals surface area contributed by atoms with E-state index in [2.05, 4.69) is 0 Å². The SMILES string of the molecule is COc1cc(SC)ccc1C(=O)O[C@H](C)C(=O)c1cccc(Cl)c1. The van der Waals surface area contributed by atoms with Crippen LogP contribution in [0.1, 0.15) is 27.6 Å². The summed E-state index contributed by atoms with van der Waals surface area (Å²) >= 11 is 7.42. The summed E-state index contributed by atoms with van der Waals surface area (Å²) in [5.41, 5.74) is 0.675. The molecule has 0 radical (unpaired) electrons. The first kappa shape index (κ1) is 18.4. The summed E-state index contributed by atoms with van der Waals surface area (Å²) < 4.78 is 10.5. The van der Waals surface area contributed by atoms with E-state index in [0.717, 1.165) is 4.90 Å². The molecule has 2 aromatic carbocycles. The number of carbonyl (C=O) groups is 2. The van der Waals surface area contributed by atoms with E-state index in [-0.39, 0.29) is 11.3 Å². The second kappa shape index (κ2) is 8.22. The van der Waals surface area contributed by atoms with Gasteiger partial charge in [-0.25, -0.2) is 4.79 Å². The number of carbonyl (C=O) groups excluding carboxylic acids is 2. The van der Waals surface area contributed by atoms with Gasteiger partial charge in [-0.05, 0) is 43.5 Å². The maximum Gasteiger partial charge on any atom is 0.342 e. The van der Waals surface area contributed by atoms with Gasteiger partial charge in [-0.15, -0.1) is 11.8 Å². The summed E-state index contributed by atoms with van der Waals surface area (Å²) in [6.45, 7) is 1.53. The number of ether oxygens (including phenoxy) is 2. The van der Waals surface area contributed by atoms with Crippen LogP contribution in [-0.4, -0.2) is 31.2 Å². The molecule has 24 heavy (non-hydrogen) atoms. The van der Waals surface area contributed by atoms with E-state index in [4.69, 9.17) is 21.1 Å². The minimum Gasteiger partial charge on any atom is -0.496 e. The average Bonchev–Trinajstić information content (AvgIpc) is 2.60. The fourth-order valence-corrected chi connectivity index (χ4v) is 2.74. The predicted octanol–water partition coefficient (Wildman–Crippen LogP) is 4.50. The van der Waals surface area contributed by atoms with Gasteiger partial charge in [-0.2, -0.15) is 0 Å². The van der Waals surface area contributed by atoms with Crippen LogP contribution in [0.4, 0.5) is 0 Å². The van der Waals surface area contributed by atoms with Crippen LogP contribution in [0.3, 0.4) is 0 Å². The van der Waals surface area contributed by atoms with Gasteiger partial charge in [0, 0.05) is 15.5 Å². The van der Waals surface area contributed by atoms with E-state index >= 15 is 0 Å². The van der Waals surface area contributed by atoms with Crippen molar-refractivity contribution in [2.45, 2.75) is 17.9 Å². The summed E-state index contributed by atoms with van der Waals surface area (Å²) in [6.07, 6.45) is 0.999. The van der Waals surface area contributed by atoms with Crippen molar-refractivity contribution < 1.29 is 19.1 Å². The van der Waals surface area contributed by atoms with E-state index in [1.807, 2.05) is 6.26 Å². The van der Waals surface area contributed by atoms with Gasteiger partial charge in [0.2, 0.25) is 5.78 Å². The van der Waals surface area contributed by atoms with Crippen molar-refractivity contribution in [2.75, 3.05) is 13.4 Å². The van der Waals surface area contributed by atoms with Crippen molar-refractivity contribution in [2.24, 2.45) is 0 Å². The Morgan fingerprint density at radius 3 is 2.54 bits per heavy atom. The Morgan fingerprint density at radius 2 is 1.92 bits per heavy atom. The predicted molar refractivity (Wildman–Crippen MR) is 95.4 cm³/mol. The van der Waals surface area contributed by atoms with Crippen LogP contribution in [0, 0.1) is 0 Å². The first-order chi connectivity index (χ1) is 11.5. The molecule has 0 N–H and O–H groups in total. The van der Waals surface area contributed by atoms with Crippen LogP contribution in [0.25, 0.3) is 0 Å². The third-order valence-corrected chi connectivity index (χ3v) is 4.35. The van der Waals surface area contributed by atoms with Gasteiger partial charge in [-0.3, -0.25) is 4.79 Å². The highest BCUT2D eigenvalue weighted by molar-refractivity contribution is 7.98. The zero-order chi connectivity index (χ0) is 17.7. The highest BCUT2D eigenvalue weighted by Gasteiger charge is 2.22. The molecule has 2 aromatic rings. The van der Waals surface area contributed by atoms with Crippen molar-refractivity contribution in [3.63, 3.8) is 0 Å². The number of methoxy groups -OCH3 is 1. The van der Waals surface area contributed by atoms with Gasteiger partial charge < -0.3 is 9.47 Å². The Bertz CT molecular complexity index is 760. The molecule has 0 aliphatic heterocycles. The van der Waals surface area contributed by atoms with Gasteiger partial charge in [0.15, 0.2) is 6.10 Å². The Kier molecular flexibility index (Phi) is 6.29. The summed E-state index contributed by atoms with van der Waals surface area (Å²) in [6, 6.07) is 11.7. The highest BCUT2D eigenvalue weighted by Crippen LogP contribution is 2.26. The van der Waals surface area contributed by atoms with Gasteiger partial charge in [0.05, 0.1) is 7.11 Å². The molecular formula is C18H17ClO4S. The van der Waals surface area contributed by atoms with Crippen LogP contribution in [0.5, 0.6) is 5.75 Å². The maximum absolute atomic E-state index is 12.3. The van der Waals surface area contributed by atoms with Crippen molar-refractivity contribution >= 4 is 35.1 Å². The van der Waals surface area contributed by atoms with E-state index in [9.17, 15) is 9.59 Å². The number of hydrogen-bond acceptors (Lipinski definition) is 5. The lowest BCUT2D eigenvalue weighted by Gasteiger charge is -2.14. The number of esters is 1. The number of Topliss-reactive ketones (excluding diaryl/α,β-unsaturated/α-hetero) is 1. The summed E-state index contributed by atoms with van der Waals surface area (Å²) in [7, 11) is 1.48. The molecule has 0 saturated heterocycles. The smallest absolute Gasteiger partial charge is 0.342 e. The second-order valence-electron chi connectivity index (χ2n) is 4.99. The summed E-state index contributed by atoms with van der Waals surface area (Å²) in [4.78, 5) is 25.7. The van der Waals surface area contributed by atoms with Crippen molar-refractivity contribution in [3.8, 4) is 5.75 Å². The number of thioether (sulfide) groups is 1. The van der Waals surface area contributed by atoms with Crippen LogP contribution in [0.2, 0.25) is 5.02 Å². The third-order valence-electron chi connectivity index (χ3n) is 3.39. The molecule has 126 valence electrons. The first-order valence-electron chi connectivity index (χ1n) is 7.19. The molecular weight excluding hydrogens is 348 g/mol. The van der Waals surface area contributed by atoms with E-state index in [1.165, 1.54) is 25.8 Å². The van der Waals surface area contributed by atoms with E-state index in [0.29, 0.717) is 16.3 Å². The van der Waals surface area contributed by atoms with Gasteiger partial charge in [0.25, 0.3) is 0 Å². The highest BCUT2D eigenvalue weighted by atomic mass is 35.5. The molecule has 0 heterocycles. The fraction of sp³-hybridized carbons (Fsp3) is 0.222. The van der Waals surface area contributed by atoms with Crippen LogP contribution < -0.4 is 4.74 Å². The zero-order valence-electron chi connectivity index (χ0n) is 13.5. The van der Waals surface area contributed by atoms with Crippen molar-refractivity contribution in [1.29, 1.82) is 0 Å². The van der Waals surface area contributed by atoms with Crippen LogP contribution in [0.15, 0.2) is 47.4 Å². The first-order valence-corrected chi connectivity index (χ1v) is 8.79. The summed E-state index contributed by atoms with van der Waals surface area (Å²) in [5, 5.41) is 0.453. The van der Waals surface area contributed by atoms with E-state index in [1.54, 1.807) is 42.5 Å². The lowest BCUT2D eigenvalue weighted by atomic mass is 10.1. The average molecular weight is 365 g/mol. The Balaban J connectivity index is 2.15. The van der Waals surface area contributed by atoms with Gasteiger partial charge in [-0.1, -0.05) is 23.7 Å². The van der Waals surface area contributed by atoms with Crippen LogP contribution in [-0.2, 0) is 4.74 Å². The number of rotatable bonds is 6. The lowest BCUT2D eigenvalue weighted by Crippen LogP contribution is -2.24. The largest absolute Gasteiger partial charge is 0.496 e. The molecule has 6 heteroatoms. The molecule has 4 nitrogen and oxygen atoms in total. The van der Waals surface area contributed by atoms with E-state index < -0.39 is 12.1 Å². The Hall–Kier alpha value is -1.98. The molecule has 0 fully saturated rings. The normalized spacial score (nSPS) is 11.7. The zero-order valence-corrected chi connectivity index (χ0v) is 15.1.